The summed E-state index contributed by atoms with van der Waals surface area (Å²) in [4.78, 5) is 24.4. The van der Waals surface area contributed by atoms with Gasteiger partial charge in [0, 0.05) is 12.8 Å². The molecule has 0 aromatic heterocycles. The van der Waals surface area contributed by atoms with Gasteiger partial charge in [0.1, 0.15) is 6.61 Å². The van der Waals surface area contributed by atoms with Crippen molar-refractivity contribution < 1.29 is 24.2 Å². The molecule has 5 heteroatoms. The summed E-state index contributed by atoms with van der Waals surface area (Å²) in [7, 11) is 0. The number of rotatable bonds is 48. The van der Waals surface area contributed by atoms with Crippen molar-refractivity contribution in [3.63, 3.8) is 0 Å². The molecule has 0 aromatic carbocycles. The molecule has 0 saturated heterocycles. The Morgan fingerprint density at radius 3 is 1.02 bits per heavy atom. The van der Waals surface area contributed by atoms with E-state index in [1.807, 2.05) is 0 Å². The molecule has 1 unspecified atom stereocenters. The Hall–Kier alpha value is -3.18. The molecule has 0 aliphatic carbocycles. The van der Waals surface area contributed by atoms with Gasteiger partial charge in [0.25, 0.3) is 0 Å². The number of aliphatic hydroxyl groups is 1. The molecule has 366 valence electrons. The van der Waals surface area contributed by atoms with E-state index in [-0.39, 0.29) is 25.2 Å². The Morgan fingerprint density at radius 2 is 0.672 bits per heavy atom. The summed E-state index contributed by atoms with van der Waals surface area (Å²) < 4.78 is 10.7. The third kappa shape index (κ3) is 51.5. The molecular weight excluding hydrogens is 789 g/mol. The van der Waals surface area contributed by atoms with E-state index in [4.69, 9.17) is 9.47 Å². The monoisotopic (exact) mass is 889 g/mol. The highest BCUT2D eigenvalue weighted by Gasteiger charge is 2.16. The Labute approximate surface area is 396 Å². The number of esters is 2. The van der Waals surface area contributed by atoms with Gasteiger partial charge < -0.3 is 14.6 Å². The first kappa shape index (κ1) is 60.8. The summed E-state index contributed by atoms with van der Waals surface area (Å²) in [6.07, 6.45) is 76.6. The maximum absolute atomic E-state index is 12.3. The Morgan fingerprint density at radius 1 is 0.375 bits per heavy atom. The molecule has 0 spiro atoms. The van der Waals surface area contributed by atoms with Crippen LogP contribution in [0.15, 0.2) is 97.2 Å². The summed E-state index contributed by atoms with van der Waals surface area (Å²) in [5, 5.41) is 9.62. The lowest BCUT2D eigenvalue weighted by molar-refractivity contribution is -0.161. The first-order chi connectivity index (χ1) is 31.6. The van der Waals surface area contributed by atoms with Crippen molar-refractivity contribution in [2.24, 2.45) is 0 Å². The van der Waals surface area contributed by atoms with E-state index in [0.717, 1.165) is 89.9 Å². The third-order valence-corrected chi connectivity index (χ3v) is 11.4. The minimum absolute atomic E-state index is 0.0752. The summed E-state index contributed by atoms with van der Waals surface area (Å²) in [6, 6.07) is 0. The number of allylic oxidation sites excluding steroid dienone is 16. The minimum atomic E-state index is -0.781. The highest BCUT2D eigenvalue weighted by Crippen LogP contribution is 2.15. The van der Waals surface area contributed by atoms with Crippen molar-refractivity contribution in [2.75, 3.05) is 13.2 Å². The van der Waals surface area contributed by atoms with Crippen molar-refractivity contribution in [1.29, 1.82) is 0 Å². The van der Waals surface area contributed by atoms with Crippen LogP contribution in [0, 0.1) is 0 Å². The van der Waals surface area contributed by atoms with Crippen LogP contribution >= 0.6 is 0 Å². The molecule has 64 heavy (non-hydrogen) atoms. The van der Waals surface area contributed by atoms with E-state index in [2.05, 4.69) is 111 Å². The fourth-order valence-corrected chi connectivity index (χ4v) is 7.35. The quantitative estimate of drug-likeness (QED) is 0.0374. The Bertz CT molecular complexity index is 1230. The van der Waals surface area contributed by atoms with Gasteiger partial charge in [0.15, 0.2) is 6.10 Å². The van der Waals surface area contributed by atoms with Crippen LogP contribution in [0.2, 0.25) is 0 Å². The molecule has 0 rings (SSSR count). The first-order valence-electron chi connectivity index (χ1n) is 26.8. The van der Waals surface area contributed by atoms with E-state index in [0.29, 0.717) is 12.8 Å². The molecule has 0 aliphatic heterocycles. The van der Waals surface area contributed by atoms with Crippen LogP contribution in [0.4, 0.5) is 0 Å². The SMILES string of the molecule is CC/C=C\C/C=C\C/C=C\C/C=C\C/C=C\C/C=C\CCCCCCCCCCCCCCCCCCC(=O)OC(CO)COC(=O)CCCCCCC/C=C\C/C=C\CCCCC. The first-order valence-corrected chi connectivity index (χ1v) is 26.8. The molecular formula is C59H100O5. The van der Waals surface area contributed by atoms with E-state index in [1.54, 1.807) is 0 Å². The lowest BCUT2D eigenvalue weighted by atomic mass is 10.0. The lowest BCUT2D eigenvalue weighted by Crippen LogP contribution is -2.28. The highest BCUT2D eigenvalue weighted by molar-refractivity contribution is 5.70. The topological polar surface area (TPSA) is 72.8 Å². The molecule has 0 saturated carbocycles. The van der Waals surface area contributed by atoms with Crippen LogP contribution in [-0.4, -0.2) is 36.4 Å². The normalized spacial score (nSPS) is 13.0. The fraction of sp³-hybridized carbons (Fsp3) is 0.695. The number of aliphatic hydroxyl groups excluding tert-OH is 1. The van der Waals surface area contributed by atoms with Crippen molar-refractivity contribution in [3.05, 3.63) is 97.2 Å². The molecule has 5 nitrogen and oxygen atoms in total. The average Bonchev–Trinajstić information content (AvgIpc) is 3.30. The van der Waals surface area contributed by atoms with Crippen molar-refractivity contribution in [2.45, 2.75) is 251 Å². The number of carbonyl (C=O) groups is 2. The van der Waals surface area contributed by atoms with Gasteiger partial charge in [-0.05, 0) is 96.3 Å². The zero-order valence-electron chi connectivity index (χ0n) is 41.8. The number of hydrogen-bond acceptors (Lipinski definition) is 5. The van der Waals surface area contributed by atoms with E-state index >= 15 is 0 Å². The molecule has 0 fully saturated rings. The van der Waals surface area contributed by atoms with Crippen molar-refractivity contribution in [1.82, 2.24) is 0 Å². The largest absolute Gasteiger partial charge is 0.462 e. The van der Waals surface area contributed by atoms with E-state index < -0.39 is 6.10 Å². The van der Waals surface area contributed by atoms with Crippen LogP contribution in [0.3, 0.4) is 0 Å². The van der Waals surface area contributed by atoms with Gasteiger partial charge in [0.2, 0.25) is 0 Å². The molecule has 0 radical (unpaired) electrons. The molecule has 1 atom stereocenters. The predicted molar refractivity (Wildman–Crippen MR) is 279 cm³/mol. The standard InChI is InChI=1S/C59H100O5/c1-3-5-7-9-11-13-15-17-19-20-21-22-23-24-25-26-27-28-29-30-31-32-33-34-35-36-37-38-40-42-44-46-48-50-52-54-59(62)64-57(55-60)56-63-58(61)53-51-49-47-45-43-41-39-18-16-14-12-10-8-6-4-2/h5,7,11-14,17-19,21-22,24-25,27-28,39,57,60H,3-4,6,8-10,15-16,20,23,26,29-38,40-56H2,1-2H3/b7-5-,13-11-,14-12-,19-17-,22-21-,25-24-,28-27-,39-18-. The summed E-state index contributed by atoms with van der Waals surface area (Å²) in [6.45, 7) is 3.99. The van der Waals surface area contributed by atoms with Gasteiger partial charge in [-0.2, -0.15) is 0 Å². The van der Waals surface area contributed by atoms with Crippen LogP contribution in [0.5, 0.6) is 0 Å². The predicted octanol–water partition coefficient (Wildman–Crippen LogP) is 18.0. The van der Waals surface area contributed by atoms with Crippen LogP contribution in [0.1, 0.15) is 245 Å². The van der Waals surface area contributed by atoms with Gasteiger partial charge in [-0.3, -0.25) is 9.59 Å². The fourth-order valence-electron chi connectivity index (χ4n) is 7.35. The Balaban J connectivity index is 3.50. The molecule has 0 heterocycles. The molecule has 0 aliphatic rings. The molecule has 0 aromatic rings. The van der Waals surface area contributed by atoms with Crippen LogP contribution in [0.25, 0.3) is 0 Å². The molecule has 0 bridgehead atoms. The van der Waals surface area contributed by atoms with Gasteiger partial charge in [0.05, 0.1) is 6.61 Å². The van der Waals surface area contributed by atoms with Crippen LogP contribution < -0.4 is 0 Å². The third-order valence-electron chi connectivity index (χ3n) is 11.4. The highest BCUT2D eigenvalue weighted by atomic mass is 16.6. The van der Waals surface area contributed by atoms with E-state index in [9.17, 15) is 14.7 Å². The molecule has 1 N–H and O–H groups in total. The molecule has 0 amide bonds. The van der Waals surface area contributed by atoms with Gasteiger partial charge in [-0.25, -0.2) is 0 Å². The Kier molecular flexibility index (Phi) is 51.5. The lowest BCUT2D eigenvalue weighted by Gasteiger charge is -2.15. The zero-order valence-corrected chi connectivity index (χ0v) is 41.8. The second kappa shape index (κ2) is 54.2. The van der Waals surface area contributed by atoms with Gasteiger partial charge in [-0.1, -0.05) is 233 Å². The number of unbranched alkanes of at least 4 members (excludes halogenated alkanes) is 24. The average molecular weight is 889 g/mol. The van der Waals surface area contributed by atoms with Crippen molar-refractivity contribution in [3.8, 4) is 0 Å². The second-order valence-corrected chi connectivity index (χ2v) is 17.6. The summed E-state index contributed by atoms with van der Waals surface area (Å²) >= 11 is 0. The van der Waals surface area contributed by atoms with E-state index in [1.165, 1.54) is 128 Å². The second-order valence-electron chi connectivity index (χ2n) is 17.6. The van der Waals surface area contributed by atoms with Gasteiger partial charge in [-0.15, -0.1) is 0 Å². The summed E-state index contributed by atoms with van der Waals surface area (Å²) in [5.41, 5.74) is 0. The van der Waals surface area contributed by atoms with Crippen LogP contribution in [-0.2, 0) is 19.1 Å². The maximum atomic E-state index is 12.3. The summed E-state index contributed by atoms with van der Waals surface area (Å²) in [5.74, 6) is -0.605. The maximum Gasteiger partial charge on any atom is 0.306 e. The minimum Gasteiger partial charge on any atom is -0.462 e. The zero-order chi connectivity index (χ0) is 46.3. The van der Waals surface area contributed by atoms with Crippen molar-refractivity contribution >= 4 is 11.9 Å². The van der Waals surface area contributed by atoms with Gasteiger partial charge >= 0.3 is 11.9 Å². The number of ether oxygens (including phenoxy) is 2. The smallest absolute Gasteiger partial charge is 0.306 e. The number of hydrogen-bond donors (Lipinski definition) is 1. The number of carbonyl (C=O) groups excluding carboxylic acids is 2.